The van der Waals surface area contributed by atoms with Crippen LogP contribution in [-0.2, 0) is 11.3 Å². The van der Waals surface area contributed by atoms with E-state index in [2.05, 4.69) is 0 Å². The number of amides is 1. The van der Waals surface area contributed by atoms with E-state index in [-0.39, 0.29) is 18.9 Å². The second kappa shape index (κ2) is 4.81. The van der Waals surface area contributed by atoms with Gasteiger partial charge in [0.2, 0.25) is 0 Å². The van der Waals surface area contributed by atoms with E-state index in [1.54, 1.807) is 22.9 Å². The van der Waals surface area contributed by atoms with Crippen molar-refractivity contribution in [1.29, 1.82) is 0 Å². The van der Waals surface area contributed by atoms with Gasteiger partial charge in [0.25, 0.3) is 5.91 Å². The molecule has 2 N–H and O–H groups in total. The molecule has 98 valence electrons. The first kappa shape index (κ1) is 12.6. The Bertz CT molecular complexity index is 468. The van der Waals surface area contributed by atoms with E-state index in [1.807, 2.05) is 6.92 Å². The van der Waals surface area contributed by atoms with Crippen LogP contribution >= 0.6 is 0 Å². The molecule has 0 aliphatic carbocycles. The maximum Gasteiger partial charge on any atom is 0.326 e. The predicted octanol–water partition coefficient (Wildman–Crippen LogP) is 0.168. The Morgan fingerprint density at radius 1 is 1.50 bits per heavy atom. The molecule has 0 radical (unpaired) electrons. The summed E-state index contributed by atoms with van der Waals surface area (Å²) in [4.78, 5) is 24.6. The third-order valence-corrected chi connectivity index (χ3v) is 3.21. The Kier molecular flexibility index (Phi) is 3.38. The molecule has 0 bridgehead atoms. The van der Waals surface area contributed by atoms with E-state index in [9.17, 15) is 14.7 Å². The maximum atomic E-state index is 12.3. The number of aromatic nitrogens is 1. The van der Waals surface area contributed by atoms with Crippen LogP contribution in [-0.4, -0.2) is 50.2 Å². The molecular formula is C12H16N2O4. The van der Waals surface area contributed by atoms with Crippen molar-refractivity contribution in [2.45, 2.75) is 32.0 Å². The minimum atomic E-state index is -1.07. The zero-order chi connectivity index (χ0) is 13.3. The summed E-state index contributed by atoms with van der Waals surface area (Å²) in [5, 5.41) is 18.6. The maximum absolute atomic E-state index is 12.3. The van der Waals surface area contributed by atoms with Crippen molar-refractivity contribution < 1.29 is 19.8 Å². The molecule has 0 spiro atoms. The molecule has 1 amide bonds. The number of likely N-dealkylation sites (tertiary alicyclic amines) is 1. The van der Waals surface area contributed by atoms with E-state index in [0.29, 0.717) is 12.2 Å². The van der Waals surface area contributed by atoms with E-state index in [0.717, 1.165) is 0 Å². The number of carbonyl (C=O) groups excluding carboxylic acids is 1. The van der Waals surface area contributed by atoms with Crippen LogP contribution in [0.1, 0.15) is 23.8 Å². The van der Waals surface area contributed by atoms with E-state index in [4.69, 9.17) is 5.11 Å². The average Bonchev–Trinajstić information content (AvgIpc) is 2.93. The van der Waals surface area contributed by atoms with Gasteiger partial charge in [0, 0.05) is 25.7 Å². The topological polar surface area (TPSA) is 82.8 Å². The zero-order valence-electron chi connectivity index (χ0n) is 10.1. The monoisotopic (exact) mass is 252 g/mol. The van der Waals surface area contributed by atoms with E-state index >= 15 is 0 Å². The van der Waals surface area contributed by atoms with Gasteiger partial charge in [-0.1, -0.05) is 0 Å². The molecule has 18 heavy (non-hydrogen) atoms. The number of rotatable bonds is 3. The van der Waals surface area contributed by atoms with Crippen LogP contribution in [0.2, 0.25) is 0 Å². The number of nitrogens with zero attached hydrogens (tertiary/aromatic N) is 2. The summed E-state index contributed by atoms with van der Waals surface area (Å²) < 4.78 is 1.76. The van der Waals surface area contributed by atoms with Gasteiger partial charge in [-0.05, 0) is 19.1 Å². The molecule has 1 saturated heterocycles. The molecule has 2 atom stereocenters. The lowest BCUT2D eigenvalue weighted by molar-refractivity contribution is -0.141. The van der Waals surface area contributed by atoms with Gasteiger partial charge in [-0.25, -0.2) is 4.79 Å². The first-order valence-electron chi connectivity index (χ1n) is 5.91. The van der Waals surface area contributed by atoms with Crippen molar-refractivity contribution in [2.24, 2.45) is 0 Å². The molecular weight excluding hydrogens is 236 g/mol. The smallest absolute Gasteiger partial charge is 0.326 e. The second-order valence-corrected chi connectivity index (χ2v) is 4.38. The third-order valence-electron chi connectivity index (χ3n) is 3.21. The SMILES string of the molecule is CCn1cccc1C(=O)N1C[C@@H](O)C[C@H]1C(=O)O. The molecule has 0 unspecified atom stereocenters. The largest absolute Gasteiger partial charge is 0.480 e. The van der Waals surface area contributed by atoms with Crippen LogP contribution in [0, 0.1) is 0 Å². The number of hydrogen-bond donors (Lipinski definition) is 2. The van der Waals surface area contributed by atoms with Crippen molar-refractivity contribution in [3.8, 4) is 0 Å². The van der Waals surface area contributed by atoms with Gasteiger partial charge in [-0.3, -0.25) is 4.79 Å². The minimum Gasteiger partial charge on any atom is -0.480 e. The lowest BCUT2D eigenvalue weighted by Gasteiger charge is -2.21. The van der Waals surface area contributed by atoms with Crippen molar-refractivity contribution in [1.82, 2.24) is 9.47 Å². The first-order valence-corrected chi connectivity index (χ1v) is 5.91. The van der Waals surface area contributed by atoms with E-state index < -0.39 is 18.1 Å². The number of carboxylic acid groups (broad SMARTS) is 1. The number of hydrogen-bond acceptors (Lipinski definition) is 3. The van der Waals surface area contributed by atoms with Crippen LogP contribution in [0.25, 0.3) is 0 Å². The Hall–Kier alpha value is -1.82. The molecule has 1 aliphatic rings. The van der Waals surface area contributed by atoms with Crippen LogP contribution in [0.5, 0.6) is 0 Å². The van der Waals surface area contributed by atoms with Gasteiger partial charge in [-0.2, -0.15) is 0 Å². The molecule has 6 nitrogen and oxygen atoms in total. The number of aliphatic hydroxyl groups is 1. The summed E-state index contributed by atoms with van der Waals surface area (Å²) in [6.07, 6.45) is 1.10. The highest BCUT2D eigenvalue weighted by atomic mass is 16.4. The quantitative estimate of drug-likeness (QED) is 0.803. The van der Waals surface area contributed by atoms with Crippen molar-refractivity contribution >= 4 is 11.9 Å². The molecule has 0 saturated carbocycles. The van der Waals surface area contributed by atoms with Crippen molar-refractivity contribution in [2.75, 3.05) is 6.54 Å². The summed E-state index contributed by atoms with van der Waals surface area (Å²) in [5.41, 5.74) is 0.456. The Labute approximate surface area is 104 Å². The summed E-state index contributed by atoms with van der Waals surface area (Å²) in [7, 11) is 0. The number of aliphatic hydroxyl groups excluding tert-OH is 1. The highest BCUT2D eigenvalue weighted by Crippen LogP contribution is 2.21. The predicted molar refractivity (Wildman–Crippen MR) is 63.2 cm³/mol. The molecule has 1 aromatic heterocycles. The second-order valence-electron chi connectivity index (χ2n) is 4.38. The highest BCUT2D eigenvalue weighted by Gasteiger charge is 2.39. The van der Waals surface area contributed by atoms with Gasteiger partial charge >= 0.3 is 5.97 Å². The number of carbonyl (C=O) groups is 2. The van der Waals surface area contributed by atoms with Crippen molar-refractivity contribution in [3.63, 3.8) is 0 Å². The standard InChI is InChI=1S/C12H16N2O4/c1-2-13-5-3-4-9(13)11(16)14-7-8(15)6-10(14)12(17)18/h3-5,8,10,15H,2,6-7H2,1H3,(H,17,18)/t8-,10-/m0/s1. The molecule has 2 heterocycles. The Morgan fingerprint density at radius 2 is 2.22 bits per heavy atom. The Morgan fingerprint density at radius 3 is 2.83 bits per heavy atom. The summed E-state index contributed by atoms with van der Waals surface area (Å²) in [5.74, 6) is -1.42. The van der Waals surface area contributed by atoms with Gasteiger partial charge in [0.05, 0.1) is 6.10 Å². The van der Waals surface area contributed by atoms with Gasteiger partial charge in [0.1, 0.15) is 11.7 Å². The van der Waals surface area contributed by atoms with Crippen molar-refractivity contribution in [3.05, 3.63) is 24.0 Å². The van der Waals surface area contributed by atoms with Gasteiger partial charge < -0.3 is 19.7 Å². The van der Waals surface area contributed by atoms with Gasteiger partial charge in [0.15, 0.2) is 0 Å². The summed E-state index contributed by atoms with van der Waals surface area (Å²) >= 11 is 0. The minimum absolute atomic E-state index is 0.0741. The fourth-order valence-corrected chi connectivity index (χ4v) is 2.30. The van der Waals surface area contributed by atoms with Crippen LogP contribution in [0.4, 0.5) is 0 Å². The molecule has 1 aliphatic heterocycles. The summed E-state index contributed by atoms with van der Waals surface area (Å²) in [6, 6.07) is 2.47. The highest BCUT2D eigenvalue weighted by molar-refractivity contribution is 5.95. The van der Waals surface area contributed by atoms with E-state index in [1.165, 1.54) is 4.90 Å². The molecule has 0 aromatic carbocycles. The zero-order valence-corrected chi connectivity index (χ0v) is 10.1. The molecule has 6 heteroatoms. The number of carboxylic acids is 1. The fraction of sp³-hybridized carbons (Fsp3) is 0.500. The van der Waals surface area contributed by atoms with Crippen LogP contribution in [0.15, 0.2) is 18.3 Å². The lowest BCUT2D eigenvalue weighted by atomic mass is 10.2. The normalized spacial score (nSPS) is 23.3. The fourth-order valence-electron chi connectivity index (χ4n) is 2.30. The lowest BCUT2D eigenvalue weighted by Crippen LogP contribution is -2.41. The number of β-amino-alcohol motifs (C(OH)–C–C–N with tert-alkyl or cyclic N) is 1. The average molecular weight is 252 g/mol. The number of aliphatic carboxylic acids is 1. The summed E-state index contributed by atoms with van der Waals surface area (Å²) in [6.45, 7) is 2.62. The van der Waals surface area contributed by atoms with Gasteiger partial charge in [-0.15, -0.1) is 0 Å². The molecule has 1 aromatic rings. The third kappa shape index (κ3) is 2.11. The number of aryl methyl sites for hydroxylation is 1. The Balaban J connectivity index is 2.25. The molecule has 2 rings (SSSR count). The first-order chi connectivity index (χ1) is 8.54. The van der Waals surface area contributed by atoms with Crippen LogP contribution < -0.4 is 0 Å². The molecule has 1 fully saturated rings. The van der Waals surface area contributed by atoms with Crippen LogP contribution in [0.3, 0.4) is 0 Å².